The Morgan fingerprint density at radius 3 is 2.53 bits per heavy atom. The molecule has 0 unspecified atom stereocenters. The Balaban J connectivity index is 2.15. The molecule has 0 atom stereocenters. The Bertz CT molecular complexity index is 317. The summed E-state index contributed by atoms with van der Waals surface area (Å²) >= 11 is 0. The van der Waals surface area contributed by atoms with Crippen LogP contribution in [0.5, 0.6) is 5.75 Å². The quantitative estimate of drug-likeness (QED) is 0.440. The molecule has 0 aromatic heterocycles. The predicted molar refractivity (Wildman–Crippen MR) is 74.6 cm³/mol. The summed E-state index contributed by atoms with van der Waals surface area (Å²) in [5.41, 5.74) is 1.33. The number of aryl methyl sites for hydroxylation is 1. The summed E-state index contributed by atoms with van der Waals surface area (Å²) in [6.45, 7) is 3.74. The zero-order valence-corrected chi connectivity index (χ0v) is 11.0. The van der Waals surface area contributed by atoms with Gasteiger partial charge in [0.25, 0.3) is 0 Å². The van der Waals surface area contributed by atoms with E-state index in [1.807, 2.05) is 18.2 Å². The van der Waals surface area contributed by atoms with Crippen molar-refractivity contribution in [3.8, 4) is 5.75 Å². The zero-order valence-electron chi connectivity index (χ0n) is 11.0. The van der Waals surface area contributed by atoms with Gasteiger partial charge in [-0.3, -0.25) is 0 Å². The number of hydrogen-bond donors (Lipinski definition) is 0. The number of hydrogen-bond acceptors (Lipinski definition) is 1. The second-order valence-electron chi connectivity index (χ2n) is 4.41. The molecule has 1 aromatic carbocycles. The Hall–Kier alpha value is -1.24. The Kier molecular flexibility index (Phi) is 7.20. The van der Waals surface area contributed by atoms with E-state index in [0.29, 0.717) is 0 Å². The number of ether oxygens (including phenoxy) is 1. The molecule has 17 heavy (non-hydrogen) atoms. The van der Waals surface area contributed by atoms with Gasteiger partial charge in [0, 0.05) is 0 Å². The summed E-state index contributed by atoms with van der Waals surface area (Å²) in [6, 6.07) is 8.31. The lowest BCUT2D eigenvalue weighted by Crippen LogP contribution is -1.92. The molecule has 0 N–H and O–H groups in total. The fraction of sp³-hybridized carbons (Fsp3) is 0.500. The lowest BCUT2D eigenvalue weighted by atomic mass is 10.0. The van der Waals surface area contributed by atoms with Gasteiger partial charge in [-0.25, -0.2) is 0 Å². The van der Waals surface area contributed by atoms with E-state index in [-0.39, 0.29) is 0 Å². The standard InChI is InChI=1S/C16H24O/c1-3-4-5-6-7-8-9-12-15-13-10-11-14-16(15)17-2/h3,10-11,13-14H,1,4-9,12H2,2H3. The normalized spacial score (nSPS) is 10.2. The van der Waals surface area contributed by atoms with Gasteiger partial charge in [0.1, 0.15) is 5.75 Å². The molecule has 0 bridgehead atoms. The number of unbranched alkanes of at least 4 members (excludes halogenated alkanes) is 5. The molecule has 94 valence electrons. The van der Waals surface area contributed by atoms with Crippen LogP contribution in [0.4, 0.5) is 0 Å². The smallest absolute Gasteiger partial charge is 0.122 e. The molecule has 0 saturated carbocycles. The van der Waals surface area contributed by atoms with Crippen molar-refractivity contribution >= 4 is 0 Å². The molecular formula is C16H24O. The second-order valence-corrected chi connectivity index (χ2v) is 4.41. The van der Waals surface area contributed by atoms with E-state index in [2.05, 4.69) is 18.7 Å². The van der Waals surface area contributed by atoms with Gasteiger partial charge < -0.3 is 4.74 Å². The number of methoxy groups -OCH3 is 1. The third-order valence-corrected chi connectivity index (χ3v) is 3.05. The summed E-state index contributed by atoms with van der Waals surface area (Å²) in [7, 11) is 1.74. The Morgan fingerprint density at radius 2 is 1.76 bits per heavy atom. The van der Waals surface area contributed by atoms with Gasteiger partial charge in [-0.15, -0.1) is 6.58 Å². The molecule has 0 aliphatic rings. The number of allylic oxidation sites excluding steroid dienone is 1. The van der Waals surface area contributed by atoms with Crippen LogP contribution in [0.15, 0.2) is 36.9 Å². The van der Waals surface area contributed by atoms with Crippen LogP contribution in [0.25, 0.3) is 0 Å². The van der Waals surface area contributed by atoms with Gasteiger partial charge in [-0.05, 0) is 37.3 Å². The molecule has 1 aromatic rings. The molecule has 1 nitrogen and oxygen atoms in total. The van der Waals surface area contributed by atoms with Gasteiger partial charge in [-0.2, -0.15) is 0 Å². The minimum Gasteiger partial charge on any atom is -0.496 e. The first-order valence-electron chi connectivity index (χ1n) is 6.61. The topological polar surface area (TPSA) is 9.23 Å². The molecule has 1 rings (SSSR count). The molecule has 0 amide bonds. The van der Waals surface area contributed by atoms with Crippen molar-refractivity contribution in [2.24, 2.45) is 0 Å². The van der Waals surface area contributed by atoms with Crippen molar-refractivity contribution < 1.29 is 4.74 Å². The molecule has 1 heteroatoms. The van der Waals surface area contributed by atoms with Crippen molar-refractivity contribution in [2.75, 3.05) is 7.11 Å². The van der Waals surface area contributed by atoms with Crippen LogP contribution in [0, 0.1) is 0 Å². The van der Waals surface area contributed by atoms with Crippen LogP contribution in [-0.2, 0) is 6.42 Å². The van der Waals surface area contributed by atoms with Crippen molar-refractivity contribution in [1.82, 2.24) is 0 Å². The van der Waals surface area contributed by atoms with Crippen molar-refractivity contribution in [1.29, 1.82) is 0 Å². The first-order valence-corrected chi connectivity index (χ1v) is 6.61. The molecule has 0 saturated heterocycles. The highest BCUT2D eigenvalue weighted by atomic mass is 16.5. The lowest BCUT2D eigenvalue weighted by molar-refractivity contribution is 0.408. The summed E-state index contributed by atoms with van der Waals surface area (Å²) in [5.74, 6) is 1.03. The molecule has 0 aliphatic heterocycles. The fourth-order valence-corrected chi connectivity index (χ4v) is 2.04. The van der Waals surface area contributed by atoms with Gasteiger partial charge in [0.15, 0.2) is 0 Å². The van der Waals surface area contributed by atoms with Gasteiger partial charge in [0.2, 0.25) is 0 Å². The Labute approximate surface area is 106 Å². The third kappa shape index (κ3) is 5.58. The van der Waals surface area contributed by atoms with Gasteiger partial charge in [-0.1, -0.05) is 43.5 Å². The fourth-order valence-electron chi connectivity index (χ4n) is 2.04. The largest absolute Gasteiger partial charge is 0.496 e. The van der Waals surface area contributed by atoms with E-state index >= 15 is 0 Å². The van der Waals surface area contributed by atoms with E-state index in [9.17, 15) is 0 Å². The molecule has 0 radical (unpaired) electrons. The minimum atomic E-state index is 1.03. The summed E-state index contributed by atoms with van der Waals surface area (Å²) in [5, 5.41) is 0. The molecule has 0 fully saturated rings. The van der Waals surface area contributed by atoms with Crippen LogP contribution in [0.2, 0.25) is 0 Å². The third-order valence-electron chi connectivity index (χ3n) is 3.05. The average molecular weight is 232 g/mol. The average Bonchev–Trinajstić information content (AvgIpc) is 2.38. The van der Waals surface area contributed by atoms with Gasteiger partial charge in [0.05, 0.1) is 7.11 Å². The van der Waals surface area contributed by atoms with E-state index in [4.69, 9.17) is 4.74 Å². The molecule has 0 heterocycles. The molecule has 0 aliphatic carbocycles. The maximum absolute atomic E-state index is 5.34. The van der Waals surface area contributed by atoms with Crippen molar-refractivity contribution in [3.63, 3.8) is 0 Å². The molecular weight excluding hydrogens is 208 g/mol. The van der Waals surface area contributed by atoms with Crippen LogP contribution in [0.1, 0.15) is 44.1 Å². The highest BCUT2D eigenvalue weighted by molar-refractivity contribution is 5.33. The van der Waals surface area contributed by atoms with Crippen LogP contribution in [-0.4, -0.2) is 7.11 Å². The van der Waals surface area contributed by atoms with E-state index in [0.717, 1.165) is 18.6 Å². The second kappa shape index (κ2) is 8.86. The zero-order chi connectivity index (χ0) is 12.3. The summed E-state index contributed by atoms with van der Waals surface area (Å²) in [6.07, 6.45) is 10.8. The summed E-state index contributed by atoms with van der Waals surface area (Å²) < 4.78 is 5.34. The van der Waals surface area contributed by atoms with Crippen LogP contribution >= 0.6 is 0 Å². The van der Waals surface area contributed by atoms with Crippen molar-refractivity contribution in [3.05, 3.63) is 42.5 Å². The number of benzene rings is 1. The molecule has 0 spiro atoms. The maximum atomic E-state index is 5.34. The van der Waals surface area contributed by atoms with E-state index < -0.39 is 0 Å². The monoisotopic (exact) mass is 232 g/mol. The van der Waals surface area contributed by atoms with Gasteiger partial charge >= 0.3 is 0 Å². The SMILES string of the molecule is C=CCCCCCCCc1ccccc1OC. The summed E-state index contributed by atoms with van der Waals surface area (Å²) in [4.78, 5) is 0. The highest BCUT2D eigenvalue weighted by Crippen LogP contribution is 2.20. The van der Waals surface area contributed by atoms with Crippen LogP contribution < -0.4 is 4.74 Å². The van der Waals surface area contributed by atoms with E-state index in [1.54, 1.807) is 7.11 Å². The lowest BCUT2D eigenvalue weighted by Gasteiger charge is -2.07. The first-order chi connectivity index (χ1) is 8.38. The number of para-hydroxylation sites is 1. The predicted octanol–water partition coefficient (Wildman–Crippen LogP) is 4.76. The minimum absolute atomic E-state index is 1.03. The number of rotatable bonds is 9. The first kappa shape index (κ1) is 13.8. The Morgan fingerprint density at radius 1 is 1.06 bits per heavy atom. The highest BCUT2D eigenvalue weighted by Gasteiger charge is 2.00. The van der Waals surface area contributed by atoms with Crippen molar-refractivity contribution in [2.45, 2.75) is 44.9 Å². The maximum Gasteiger partial charge on any atom is 0.122 e. The van der Waals surface area contributed by atoms with Crippen LogP contribution in [0.3, 0.4) is 0 Å². The van der Waals surface area contributed by atoms with E-state index in [1.165, 1.54) is 37.7 Å².